The molecule has 0 atom stereocenters. The van der Waals surface area contributed by atoms with Crippen LogP contribution in [-0.4, -0.2) is 23.3 Å². The second-order valence-corrected chi connectivity index (χ2v) is 4.43. The molecule has 2 aromatic rings. The Morgan fingerprint density at radius 2 is 1.71 bits per heavy atom. The minimum Gasteiger partial charge on any atom is -0.493 e. The van der Waals surface area contributed by atoms with Crippen molar-refractivity contribution in [2.45, 2.75) is 13.2 Å². The second kappa shape index (κ2) is 6.76. The number of hydrogen-bond acceptors (Lipinski definition) is 4. The molecule has 0 radical (unpaired) electrons. The van der Waals surface area contributed by atoms with Crippen molar-refractivity contribution in [2.24, 2.45) is 0 Å². The Hall–Kier alpha value is -2.53. The monoisotopic (exact) mass is 288 g/mol. The van der Waals surface area contributed by atoms with E-state index < -0.39 is 5.97 Å². The van der Waals surface area contributed by atoms with Crippen molar-refractivity contribution in [3.63, 3.8) is 0 Å². The van der Waals surface area contributed by atoms with Crippen molar-refractivity contribution >= 4 is 5.97 Å². The van der Waals surface area contributed by atoms with Gasteiger partial charge in [0.1, 0.15) is 6.61 Å². The van der Waals surface area contributed by atoms with Gasteiger partial charge in [-0.25, -0.2) is 4.79 Å². The van der Waals surface area contributed by atoms with Gasteiger partial charge in [0.25, 0.3) is 0 Å². The van der Waals surface area contributed by atoms with Crippen LogP contribution < -0.4 is 9.47 Å². The maximum Gasteiger partial charge on any atom is 0.335 e. The van der Waals surface area contributed by atoms with Gasteiger partial charge in [-0.1, -0.05) is 24.3 Å². The molecule has 2 rings (SSSR count). The maximum absolute atomic E-state index is 11.0. The van der Waals surface area contributed by atoms with E-state index in [9.17, 15) is 4.79 Å². The van der Waals surface area contributed by atoms with Crippen molar-refractivity contribution in [3.8, 4) is 11.5 Å². The van der Waals surface area contributed by atoms with Gasteiger partial charge in [-0.3, -0.25) is 0 Å². The number of carboxylic acid groups (broad SMARTS) is 1. The molecule has 21 heavy (non-hydrogen) atoms. The first-order chi connectivity index (χ1) is 10.1. The van der Waals surface area contributed by atoms with E-state index in [1.807, 2.05) is 24.3 Å². The fourth-order valence-corrected chi connectivity index (χ4v) is 1.82. The predicted molar refractivity (Wildman–Crippen MR) is 76.7 cm³/mol. The number of carbonyl (C=O) groups is 1. The molecular formula is C16H16O5. The van der Waals surface area contributed by atoms with Crippen LogP contribution in [0.15, 0.2) is 42.5 Å². The lowest BCUT2D eigenvalue weighted by Crippen LogP contribution is -2.01. The van der Waals surface area contributed by atoms with Crippen LogP contribution in [-0.2, 0) is 13.2 Å². The van der Waals surface area contributed by atoms with E-state index in [0.717, 1.165) is 11.1 Å². The van der Waals surface area contributed by atoms with E-state index in [1.54, 1.807) is 6.07 Å². The first kappa shape index (κ1) is 14.9. The van der Waals surface area contributed by atoms with Gasteiger partial charge in [0.05, 0.1) is 19.3 Å². The standard InChI is InChI=1S/C16H16O5/c1-20-14-7-6-13(16(18)19)8-15(14)21-10-12-4-2-11(9-17)3-5-12/h2-8,17H,9-10H2,1H3,(H,18,19). The maximum atomic E-state index is 11.0. The average Bonchev–Trinajstić information content (AvgIpc) is 2.53. The smallest absolute Gasteiger partial charge is 0.335 e. The molecule has 0 fully saturated rings. The minimum absolute atomic E-state index is 0.00435. The van der Waals surface area contributed by atoms with Crippen molar-refractivity contribution in [1.82, 2.24) is 0 Å². The van der Waals surface area contributed by atoms with Gasteiger partial charge in [-0.15, -0.1) is 0 Å². The molecule has 0 aliphatic heterocycles. The van der Waals surface area contributed by atoms with Crippen LogP contribution in [0.5, 0.6) is 11.5 Å². The number of aromatic carboxylic acids is 1. The molecule has 0 aliphatic carbocycles. The van der Waals surface area contributed by atoms with Crippen molar-refractivity contribution in [3.05, 3.63) is 59.2 Å². The SMILES string of the molecule is COc1ccc(C(=O)O)cc1OCc1ccc(CO)cc1. The average molecular weight is 288 g/mol. The van der Waals surface area contributed by atoms with E-state index in [0.29, 0.717) is 11.5 Å². The first-order valence-electron chi connectivity index (χ1n) is 6.37. The summed E-state index contributed by atoms with van der Waals surface area (Å²) in [7, 11) is 1.50. The quantitative estimate of drug-likeness (QED) is 0.854. The zero-order chi connectivity index (χ0) is 15.2. The fourth-order valence-electron chi connectivity index (χ4n) is 1.82. The summed E-state index contributed by atoms with van der Waals surface area (Å²) < 4.78 is 10.8. The van der Waals surface area contributed by atoms with Crippen LogP contribution in [0.1, 0.15) is 21.5 Å². The number of hydrogen-bond donors (Lipinski definition) is 2. The highest BCUT2D eigenvalue weighted by Crippen LogP contribution is 2.28. The summed E-state index contributed by atoms with van der Waals surface area (Å²) in [5.41, 5.74) is 1.88. The van der Waals surface area contributed by atoms with Gasteiger partial charge in [-0.05, 0) is 29.3 Å². The molecule has 0 aromatic heterocycles. The van der Waals surface area contributed by atoms with Crippen LogP contribution in [0.4, 0.5) is 0 Å². The summed E-state index contributed by atoms with van der Waals surface area (Å²) in [4.78, 5) is 11.0. The van der Waals surface area contributed by atoms with Gasteiger partial charge in [-0.2, -0.15) is 0 Å². The molecule has 110 valence electrons. The number of aliphatic hydroxyl groups excluding tert-OH is 1. The zero-order valence-corrected chi connectivity index (χ0v) is 11.6. The van der Waals surface area contributed by atoms with Crippen LogP contribution in [0, 0.1) is 0 Å². The largest absolute Gasteiger partial charge is 0.493 e. The fraction of sp³-hybridized carbons (Fsp3) is 0.188. The summed E-state index contributed by atoms with van der Waals surface area (Å²) in [6, 6.07) is 11.8. The highest BCUT2D eigenvalue weighted by Gasteiger charge is 2.10. The van der Waals surface area contributed by atoms with Crippen LogP contribution in [0.25, 0.3) is 0 Å². The first-order valence-corrected chi connectivity index (χ1v) is 6.37. The molecule has 0 aliphatic rings. The molecule has 2 N–H and O–H groups in total. The van der Waals surface area contributed by atoms with Crippen molar-refractivity contribution < 1.29 is 24.5 Å². The van der Waals surface area contributed by atoms with E-state index in [4.69, 9.17) is 19.7 Å². The van der Waals surface area contributed by atoms with Gasteiger partial charge < -0.3 is 19.7 Å². The van der Waals surface area contributed by atoms with Gasteiger partial charge >= 0.3 is 5.97 Å². The highest BCUT2D eigenvalue weighted by atomic mass is 16.5. The lowest BCUT2D eigenvalue weighted by atomic mass is 10.1. The Morgan fingerprint density at radius 3 is 2.29 bits per heavy atom. The lowest BCUT2D eigenvalue weighted by Gasteiger charge is -2.11. The lowest BCUT2D eigenvalue weighted by molar-refractivity contribution is 0.0696. The number of aliphatic hydroxyl groups is 1. The molecule has 2 aromatic carbocycles. The minimum atomic E-state index is -1.02. The van der Waals surface area contributed by atoms with E-state index in [1.165, 1.54) is 19.2 Å². The molecule has 0 spiro atoms. The number of rotatable bonds is 6. The van der Waals surface area contributed by atoms with E-state index >= 15 is 0 Å². The van der Waals surface area contributed by atoms with Gasteiger partial charge in [0, 0.05) is 0 Å². The number of carboxylic acids is 1. The molecule has 0 unspecified atom stereocenters. The molecule has 0 saturated carbocycles. The normalized spacial score (nSPS) is 10.2. The summed E-state index contributed by atoms with van der Waals surface area (Å²) in [6.07, 6.45) is 0. The summed E-state index contributed by atoms with van der Waals surface area (Å²) in [6.45, 7) is 0.279. The Kier molecular flexibility index (Phi) is 4.79. The second-order valence-electron chi connectivity index (χ2n) is 4.43. The third kappa shape index (κ3) is 3.73. The molecule has 0 amide bonds. The molecule has 0 bridgehead atoms. The molecule has 0 heterocycles. The van der Waals surface area contributed by atoms with Gasteiger partial charge in [0.2, 0.25) is 0 Å². The summed E-state index contributed by atoms with van der Waals surface area (Å²) in [5, 5.41) is 18.0. The molecular weight excluding hydrogens is 272 g/mol. The Bertz CT molecular complexity index is 619. The molecule has 5 nitrogen and oxygen atoms in total. The Labute approximate surface area is 122 Å². The summed E-state index contributed by atoms with van der Waals surface area (Å²) >= 11 is 0. The molecule has 0 saturated heterocycles. The third-order valence-electron chi connectivity index (χ3n) is 3.01. The number of ether oxygens (including phenoxy) is 2. The van der Waals surface area contributed by atoms with Crippen molar-refractivity contribution in [1.29, 1.82) is 0 Å². The van der Waals surface area contributed by atoms with Crippen molar-refractivity contribution in [2.75, 3.05) is 7.11 Å². The predicted octanol–water partition coefficient (Wildman–Crippen LogP) is 2.46. The Morgan fingerprint density at radius 1 is 1.05 bits per heavy atom. The Balaban J connectivity index is 2.13. The number of methoxy groups -OCH3 is 1. The molecule has 5 heteroatoms. The van der Waals surface area contributed by atoms with Crippen LogP contribution in [0.2, 0.25) is 0 Å². The number of benzene rings is 2. The highest BCUT2D eigenvalue weighted by molar-refractivity contribution is 5.88. The van der Waals surface area contributed by atoms with Crippen LogP contribution in [0.3, 0.4) is 0 Å². The topological polar surface area (TPSA) is 76.0 Å². The van der Waals surface area contributed by atoms with Crippen LogP contribution >= 0.6 is 0 Å². The van der Waals surface area contributed by atoms with Gasteiger partial charge in [0.15, 0.2) is 11.5 Å². The zero-order valence-electron chi connectivity index (χ0n) is 11.6. The summed E-state index contributed by atoms with van der Waals surface area (Å²) in [5.74, 6) is -0.162. The van der Waals surface area contributed by atoms with E-state index in [2.05, 4.69) is 0 Å². The van der Waals surface area contributed by atoms with E-state index in [-0.39, 0.29) is 18.8 Å². The third-order valence-corrected chi connectivity index (χ3v) is 3.01.